The number of piperidine rings is 1. The summed E-state index contributed by atoms with van der Waals surface area (Å²) in [6.45, 7) is 4.75. The highest BCUT2D eigenvalue weighted by Crippen LogP contribution is 2.52. The van der Waals surface area contributed by atoms with Crippen LogP contribution in [0.2, 0.25) is 0 Å². The first-order chi connectivity index (χ1) is 12.4. The zero-order valence-corrected chi connectivity index (χ0v) is 15.7. The summed E-state index contributed by atoms with van der Waals surface area (Å²) in [7, 11) is 2.21. The molecule has 1 N–H and O–H groups in total. The number of likely N-dealkylation sites (N-methyl/N-ethyl adjacent to an activating group) is 1. The third-order valence-electron chi connectivity index (χ3n) is 6.84. The molecule has 0 unspecified atom stereocenters. The molecule has 4 rings (SSSR count). The number of likely N-dealkylation sites (tertiary alicyclic amines) is 2. The van der Waals surface area contributed by atoms with E-state index in [1.54, 1.807) is 6.92 Å². The van der Waals surface area contributed by atoms with Crippen LogP contribution >= 0.6 is 0 Å². The molecule has 2 bridgehead atoms. The van der Waals surface area contributed by atoms with E-state index < -0.39 is 5.91 Å². The van der Waals surface area contributed by atoms with Crippen LogP contribution in [0.5, 0.6) is 0 Å². The number of aromatic nitrogens is 2. The van der Waals surface area contributed by atoms with E-state index in [1.807, 2.05) is 4.90 Å². The van der Waals surface area contributed by atoms with Crippen molar-refractivity contribution in [1.82, 2.24) is 25.4 Å². The van der Waals surface area contributed by atoms with Gasteiger partial charge in [0.25, 0.3) is 5.91 Å². The van der Waals surface area contributed by atoms with Crippen molar-refractivity contribution in [3.05, 3.63) is 11.4 Å². The van der Waals surface area contributed by atoms with Crippen LogP contribution in [0.4, 0.5) is 0 Å². The van der Waals surface area contributed by atoms with E-state index in [-0.39, 0.29) is 29.6 Å². The highest BCUT2D eigenvalue weighted by atomic mass is 16.6. The molecule has 1 aliphatic carbocycles. The minimum absolute atomic E-state index is 0.00988. The van der Waals surface area contributed by atoms with Crippen LogP contribution in [0.3, 0.4) is 0 Å². The van der Waals surface area contributed by atoms with Gasteiger partial charge in [0.05, 0.1) is 6.54 Å². The number of carbonyl (C=O) groups is 2. The van der Waals surface area contributed by atoms with Crippen molar-refractivity contribution in [2.45, 2.75) is 64.1 Å². The van der Waals surface area contributed by atoms with E-state index >= 15 is 0 Å². The molecule has 1 aromatic rings. The molecule has 8 nitrogen and oxygen atoms in total. The summed E-state index contributed by atoms with van der Waals surface area (Å²) in [6, 6.07) is 1.23. The van der Waals surface area contributed by atoms with Crippen LogP contribution in [-0.4, -0.2) is 70.2 Å². The summed E-state index contributed by atoms with van der Waals surface area (Å²) in [5.74, 6) is -0.427. The lowest BCUT2D eigenvalue weighted by atomic mass is 9.71. The minimum Gasteiger partial charge on any atom is -0.341 e. The molecule has 0 aromatic carbocycles. The Labute approximate surface area is 153 Å². The predicted octanol–water partition coefficient (Wildman–Crippen LogP) is 0.972. The molecule has 2 saturated heterocycles. The van der Waals surface area contributed by atoms with Crippen LogP contribution in [0.1, 0.15) is 55.2 Å². The number of hydrogen-bond donors (Lipinski definition) is 1. The van der Waals surface area contributed by atoms with Crippen LogP contribution in [-0.2, 0) is 4.79 Å². The second kappa shape index (κ2) is 6.33. The van der Waals surface area contributed by atoms with Crippen molar-refractivity contribution in [3.8, 4) is 0 Å². The molecule has 1 saturated carbocycles. The quantitative estimate of drug-likeness (QED) is 0.863. The average Bonchev–Trinajstić information content (AvgIpc) is 3.05. The zero-order valence-electron chi connectivity index (χ0n) is 15.7. The molecule has 4 atom stereocenters. The van der Waals surface area contributed by atoms with E-state index in [1.165, 1.54) is 19.3 Å². The summed E-state index contributed by atoms with van der Waals surface area (Å²) in [5, 5.41) is 9.88. The fraction of sp³-hybridized carbons (Fsp3) is 0.778. The highest BCUT2D eigenvalue weighted by Gasteiger charge is 2.58. The van der Waals surface area contributed by atoms with Crippen LogP contribution in [0.15, 0.2) is 4.63 Å². The standard InChI is InChI=1S/C18H27N5O3/c1-11-16(21-26-20-11)17(25)19-9-15(24)23-10-12-8-18(2)13(22(12)3)6-4-5-7-14(18)23/h12-14H,4-10H2,1-3H3,(H,19,25)/t12-,13-,14+,18-/m0/s1. The Morgan fingerprint density at radius 2 is 2.00 bits per heavy atom. The molecular weight excluding hydrogens is 334 g/mol. The molecule has 3 aliphatic rings. The summed E-state index contributed by atoms with van der Waals surface area (Å²) < 4.78 is 4.56. The van der Waals surface area contributed by atoms with Gasteiger partial charge >= 0.3 is 0 Å². The largest absolute Gasteiger partial charge is 0.341 e. The van der Waals surface area contributed by atoms with Gasteiger partial charge in [-0.1, -0.05) is 24.9 Å². The summed E-state index contributed by atoms with van der Waals surface area (Å²) in [6.07, 6.45) is 5.83. The van der Waals surface area contributed by atoms with Gasteiger partial charge in [-0.3, -0.25) is 14.5 Å². The van der Waals surface area contributed by atoms with Crippen LogP contribution in [0.25, 0.3) is 0 Å². The number of nitrogens with one attached hydrogen (secondary N) is 1. The maximum atomic E-state index is 13.0. The molecule has 0 radical (unpaired) electrons. The number of carbonyl (C=O) groups excluding carboxylic acids is 2. The van der Waals surface area contributed by atoms with Gasteiger partial charge in [-0.15, -0.1) is 0 Å². The number of nitrogens with zero attached hydrogens (tertiary/aromatic N) is 4. The Balaban J connectivity index is 1.48. The van der Waals surface area contributed by atoms with Gasteiger partial charge in [0.1, 0.15) is 5.69 Å². The molecule has 0 spiro atoms. The lowest BCUT2D eigenvalue weighted by Gasteiger charge is -2.46. The van der Waals surface area contributed by atoms with Gasteiger partial charge in [0.15, 0.2) is 5.69 Å². The topological polar surface area (TPSA) is 91.6 Å². The van der Waals surface area contributed by atoms with Crippen LogP contribution in [0, 0.1) is 12.3 Å². The Morgan fingerprint density at radius 1 is 1.27 bits per heavy atom. The second-order valence-electron chi connectivity index (χ2n) is 8.27. The van der Waals surface area contributed by atoms with E-state index in [9.17, 15) is 9.59 Å². The number of amides is 2. The van der Waals surface area contributed by atoms with Gasteiger partial charge in [0, 0.05) is 30.1 Å². The Hall–Kier alpha value is -1.96. The fourth-order valence-corrected chi connectivity index (χ4v) is 5.52. The smallest absolute Gasteiger partial charge is 0.275 e. The number of rotatable bonds is 3. The first kappa shape index (κ1) is 17.5. The fourth-order valence-electron chi connectivity index (χ4n) is 5.52. The SMILES string of the molecule is Cc1nonc1C(=O)NCC(=O)N1C[C@@H]2C[C@@]3(C)[C@H](CCCC[C@@H]13)N2C. The molecule has 3 heterocycles. The van der Waals surface area contributed by atoms with Gasteiger partial charge < -0.3 is 10.2 Å². The number of hydrogen-bond acceptors (Lipinski definition) is 6. The molecule has 8 heteroatoms. The minimum atomic E-state index is -0.417. The second-order valence-corrected chi connectivity index (χ2v) is 8.27. The first-order valence-electron chi connectivity index (χ1n) is 9.50. The van der Waals surface area contributed by atoms with E-state index in [2.05, 4.69) is 39.1 Å². The Kier molecular flexibility index (Phi) is 4.25. The van der Waals surface area contributed by atoms with E-state index in [0.29, 0.717) is 17.8 Å². The average molecular weight is 361 g/mol. The maximum Gasteiger partial charge on any atom is 0.275 e. The summed E-state index contributed by atoms with van der Waals surface area (Å²) >= 11 is 0. The van der Waals surface area contributed by atoms with Crippen molar-refractivity contribution in [2.24, 2.45) is 5.41 Å². The van der Waals surface area contributed by atoms with Crippen molar-refractivity contribution in [2.75, 3.05) is 20.1 Å². The third kappa shape index (κ3) is 2.62. The zero-order chi connectivity index (χ0) is 18.5. The number of fused-ring (bicyclic) bond motifs is 1. The molecular formula is C18H27N5O3. The monoisotopic (exact) mass is 361 g/mol. The van der Waals surface area contributed by atoms with E-state index in [4.69, 9.17) is 0 Å². The normalized spacial score (nSPS) is 33.8. The van der Waals surface area contributed by atoms with Gasteiger partial charge in [-0.05, 0) is 38.4 Å². The third-order valence-corrected chi connectivity index (χ3v) is 6.84. The summed E-state index contributed by atoms with van der Waals surface area (Å²) in [4.78, 5) is 29.7. The van der Waals surface area contributed by atoms with Crippen molar-refractivity contribution >= 4 is 11.8 Å². The predicted molar refractivity (Wildman–Crippen MR) is 93.4 cm³/mol. The summed E-state index contributed by atoms with van der Waals surface area (Å²) in [5.41, 5.74) is 0.713. The maximum absolute atomic E-state index is 13.0. The highest BCUT2D eigenvalue weighted by molar-refractivity contribution is 5.95. The van der Waals surface area contributed by atoms with Gasteiger partial charge in [-0.2, -0.15) is 0 Å². The first-order valence-corrected chi connectivity index (χ1v) is 9.50. The molecule has 26 heavy (non-hydrogen) atoms. The van der Waals surface area contributed by atoms with Gasteiger partial charge in [-0.25, -0.2) is 4.63 Å². The molecule has 2 aliphatic heterocycles. The van der Waals surface area contributed by atoms with Crippen molar-refractivity contribution < 1.29 is 14.2 Å². The molecule has 142 valence electrons. The number of aryl methyl sites for hydroxylation is 1. The lowest BCUT2D eigenvalue weighted by molar-refractivity contribution is -0.137. The van der Waals surface area contributed by atoms with Crippen molar-refractivity contribution in [1.29, 1.82) is 0 Å². The van der Waals surface area contributed by atoms with Crippen molar-refractivity contribution in [3.63, 3.8) is 0 Å². The van der Waals surface area contributed by atoms with Gasteiger partial charge in [0.2, 0.25) is 5.91 Å². The van der Waals surface area contributed by atoms with E-state index in [0.717, 1.165) is 19.4 Å². The molecule has 1 aromatic heterocycles. The Bertz CT molecular complexity index is 719. The molecule has 3 fully saturated rings. The van der Waals surface area contributed by atoms with Crippen LogP contribution < -0.4 is 5.32 Å². The lowest BCUT2D eigenvalue weighted by Crippen LogP contribution is -2.57. The Morgan fingerprint density at radius 3 is 2.69 bits per heavy atom. The molecule has 2 amide bonds.